The first kappa shape index (κ1) is 13.4. The van der Waals surface area contributed by atoms with Gasteiger partial charge in [-0.2, -0.15) is 0 Å². The average Bonchev–Trinajstić information content (AvgIpc) is 2.80. The van der Waals surface area contributed by atoms with E-state index in [0.717, 1.165) is 25.8 Å². The number of carbonyl (C=O) groups is 1. The second-order valence-electron chi connectivity index (χ2n) is 5.92. The molecule has 0 aliphatic carbocycles. The Kier molecular flexibility index (Phi) is 3.95. The van der Waals surface area contributed by atoms with Crippen LogP contribution >= 0.6 is 0 Å². The lowest BCUT2D eigenvalue weighted by Gasteiger charge is -2.39. The van der Waals surface area contributed by atoms with E-state index in [1.807, 2.05) is 11.9 Å². The summed E-state index contributed by atoms with van der Waals surface area (Å²) < 4.78 is 5.25. The number of carbonyl (C=O) groups excluding carboxylic acids is 1. The number of amides is 1. The lowest BCUT2D eigenvalue weighted by atomic mass is 9.95. The van der Waals surface area contributed by atoms with Crippen LogP contribution in [-0.2, 0) is 9.53 Å². The van der Waals surface area contributed by atoms with Gasteiger partial charge in [0.2, 0.25) is 5.91 Å². The molecule has 2 atom stereocenters. The highest BCUT2D eigenvalue weighted by Gasteiger charge is 2.38. The Morgan fingerprint density at radius 2 is 2.33 bits per heavy atom. The van der Waals surface area contributed by atoms with E-state index < -0.39 is 0 Å². The fourth-order valence-corrected chi connectivity index (χ4v) is 2.84. The quantitative estimate of drug-likeness (QED) is 0.828. The number of nitrogens with one attached hydrogen (secondary N) is 1. The van der Waals surface area contributed by atoms with Gasteiger partial charge in [-0.15, -0.1) is 0 Å². The van der Waals surface area contributed by atoms with Gasteiger partial charge in [-0.05, 0) is 46.2 Å². The van der Waals surface area contributed by atoms with E-state index in [2.05, 4.69) is 25.2 Å². The summed E-state index contributed by atoms with van der Waals surface area (Å²) in [4.78, 5) is 14.6. The number of rotatable bonds is 3. The van der Waals surface area contributed by atoms with Crippen molar-refractivity contribution in [3.05, 3.63) is 12.3 Å². The molecule has 1 amide bonds. The third kappa shape index (κ3) is 2.69. The molecule has 1 N–H and O–H groups in total. The van der Waals surface area contributed by atoms with E-state index in [0.29, 0.717) is 12.5 Å². The highest BCUT2D eigenvalue weighted by atomic mass is 16.5. The van der Waals surface area contributed by atoms with E-state index in [1.165, 1.54) is 0 Å². The molecule has 2 aliphatic rings. The van der Waals surface area contributed by atoms with Crippen LogP contribution in [0.2, 0.25) is 0 Å². The van der Waals surface area contributed by atoms with Gasteiger partial charge in [0.25, 0.3) is 0 Å². The van der Waals surface area contributed by atoms with Crippen molar-refractivity contribution in [2.24, 2.45) is 5.92 Å². The Hall–Kier alpha value is -1.03. The molecule has 0 aromatic rings. The SMILES string of the molecule is CNC1CCCC(C)(C)N(CC2C=COC2)C1=O. The van der Waals surface area contributed by atoms with E-state index >= 15 is 0 Å². The summed E-state index contributed by atoms with van der Waals surface area (Å²) in [7, 11) is 1.87. The molecule has 0 bridgehead atoms. The van der Waals surface area contributed by atoms with Gasteiger partial charge in [-0.3, -0.25) is 4.79 Å². The van der Waals surface area contributed by atoms with Gasteiger partial charge in [0.15, 0.2) is 0 Å². The van der Waals surface area contributed by atoms with Crippen LogP contribution in [0, 0.1) is 5.92 Å². The maximum Gasteiger partial charge on any atom is 0.240 e. The van der Waals surface area contributed by atoms with E-state index in [9.17, 15) is 4.79 Å². The lowest BCUT2D eigenvalue weighted by Crippen LogP contribution is -2.53. The minimum absolute atomic E-state index is 0.0296. The lowest BCUT2D eigenvalue weighted by molar-refractivity contribution is -0.138. The second-order valence-corrected chi connectivity index (χ2v) is 5.92. The zero-order valence-electron chi connectivity index (χ0n) is 11.6. The smallest absolute Gasteiger partial charge is 0.240 e. The van der Waals surface area contributed by atoms with Crippen LogP contribution < -0.4 is 5.32 Å². The average molecular weight is 252 g/mol. The van der Waals surface area contributed by atoms with E-state index in [1.54, 1.807) is 6.26 Å². The molecular formula is C14H24N2O2. The van der Waals surface area contributed by atoms with Gasteiger partial charge >= 0.3 is 0 Å². The minimum Gasteiger partial charge on any atom is -0.501 e. The van der Waals surface area contributed by atoms with Crippen molar-refractivity contribution in [2.45, 2.75) is 44.7 Å². The van der Waals surface area contributed by atoms with E-state index in [-0.39, 0.29) is 17.5 Å². The Bertz CT molecular complexity index is 339. The standard InChI is InChI=1S/C14H24N2O2/c1-14(2)7-4-5-12(15-3)13(17)16(14)9-11-6-8-18-10-11/h6,8,11-12,15H,4-5,7,9-10H2,1-3H3. The highest BCUT2D eigenvalue weighted by Crippen LogP contribution is 2.29. The van der Waals surface area contributed by atoms with Gasteiger partial charge in [0.1, 0.15) is 0 Å². The van der Waals surface area contributed by atoms with Crippen molar-refractivity contribution in [2.75, 3.05) is 20.2 Å². The molecule has 0 aromatic carbocycles. The maximum atomic E-state index is 12.6. The zero-order valence-corrected chi connectivity index (χ0v) is 11.6. The zero-order chi connectivity index (χ0) is 13.2. The monoisotopic (exact) mass is 252 g/mol. The maximum absolute atomic E-state index is 12.6. The van der Waals surface area contributed by atoms with Gasteiger partial charge in [-0.25, -0.2) is 0 Å². The van der Waals surface area contributed by atoms with Crippen molar-refractivity contribution in [1.29, 1.82) is 0 Å². The van der Waals surface area contributed by atoms with Gasteiger partial charge < -0.3 is 15.0 Å². The van der Waals surface area contributed by atoms with Crippen LogP contribution in [0.5, 0.6) is 0 Å². The number of likely N-dealkylation sites (tertiary alicyclic amines) is 1. The molecule has 1 saturated heterocycles. The van der Waals surface area contributed by atoms with Crippen molar-refractivity contribution >= 4 is 5.91 Å². The Morgan fingerprint density at radius 1 is 1.56 bits per heavy atom. The number of likely N-dealkylation sites (N-methyl/N-ethyl adjacent to an activating group) is 1. The molecule has 2 rings (SSSR count). The fourth-order valence-electron chi connectivity index (χ4n) is 2.84. The summed E-state index contributed by atoms with van der Waals surface area (Å²) in [6.07, 6.45) is 6.90. The molecule has 4 heteroatoms. The molecular weight excluding hydrogens is 228 g/mol. The molecule has 0 radical (unpaired) electrons. The Labute approximate surface area is 109 Å². The normalized spacial score (nSPS) is 31.3. The molecule has 18 heavy (non-hydrogen) atoms. The summed E-state index contributed by atoms with van der Waals surface area (Å²) in [5.41, 5.74) is -0.0564. The summed E-state index contributed by atoms with van der Waals surface area (Å²) in [5.74, 6) is 0.573. The second kappa shape index (κ2) is 5.31. The first-order valence-corrected chi connectivity index (χ1v) is 6.81. The van der Waals surface area contributed by atoms with Crippen LogP contribution in [0.3, 0.4) is 0 Å². The van der Waals surface area contributed by atoms with Crippen molar-refractivity contribution in [1.82, 2.24) is 10.2 Å². The van der Waals surface area contributed by atoms with Crippen LogP contribution in [-0.4, -0.2) is 42.6 Å². The summed E-state index contributed by atoms with van der Waals surface area (Å²) in [6, 6.07) is -0.0296. The molecule has 4 nitrogen and oxygen atoms in total. The summed E-state index contributed by atoms with van der Waals surface area (Å²) >= 11 is 0. The number of nitrogens with zero attached hydrogens (tertiary/aromatic N) is 1. The topological polar surface area (TPSA) is 41.6 Å². The molecule has 2 unspecified atom stereocenters. The minimum atomic E-state index is -0.0564. The summed E-state index contributed by atoms with van der Waals surface area (Å²) in [5, 5.41) is 3.15. The van der Waals surface area contributed by atoms with E-state index in [4.69, 9.17) is 4.74 Å². The Balaban J connectivity index is 2.13. The first-order valence-electron chi connectivity index (χ1n) is 6.81. The van der Waals surface area contributed by atoms with Gasteiger partial charge in [0.05, 0.1) is 18.9 Å². The molecule has 0 spiro atoms. The molecule has 2 heterocycles. The predicted octanol–water partition coefficient (Wildman–Crippen LogP) is 1.53. The molecule has 0 aromatic heterocycles. The number of ether oxygens (including phenoxy) is 1. The number of hydrogen-bond donors (Lipinski definition) is 1. The van der Waals surface area contributed by atoms with Gasteiger partial charge in [0, 0.05) is 18.0 Å². The largest absolute Gasteiger partial charge is 0.501 e. The van der Waals surface area contributed by atoms with Crippen molar-refractivity contribution in [3.8, 4) is 0 Å². The first-order chi connectivity index (χ1) is 8.54. The van der Waals surface area contributed by atoms with Gasteiger partial charge in [-0.1, -0.05) is 0 Å². The summed E-state index contributed by atoms with van der Waals surface area (Å²) in [6.45, 7) is 5.80. The molecule has 102 valence electrons. The third-order valence-corrected chi connectivity index (χ3v) is 4.10. The van der Waals surface area contributed by atoms with Crippen molar-refractivity contribution in [3.63, 3.8) is 0 Å². The predicted molar refractivity (Wildman–Crippen MR) is 71.1 cm³/mol. The molecule has 2 aliphatic heterocycles. The highest BCUT2D eigenvalue weighted by molar-refractivity contribution is 5.83. The van der Waals surface area contributed by atoms with Crippen LogP contribution in [0.1, 0.15) is 33.1 Å². The molecule has 1 fully saturated rings. The molecule has 0 saturated carbocycles. The Morgan fingerprint density at radius 3 is 2.94 bits per heavy atom. The van der Waals surface area contributed by atoms with Crippen LogP contribution in [0.15, 0.2) is 12.3 Å². The fraction of sp³-hybridized carbons (Fsp3) is 0.786. The van der Waals surface area contributed by atoms with Crippen molar-refractivity contribution < 1.29 is 9.53 Å². The van der Waals surface area contributed by atoms with Crippen LogP contribution in [0.25, 0.3) is 0 Å². The van der Waals surface area contributed by atoms with Crippen LogP contribution in [0.4, 0.5) is 0 Å². The number of hydrogen-bond acceptors (Lipinski definition) is 3. The third-order valence-electron chi connectivity index (χ3n) is 4.10.